The fourth-order valence-electron chi connectivity index (χ4n) is 3.01. The van der Waals surface area contributed by atoms with Gasteiger partial charge in [0.05, 0.1) is 6.54 Å². The molecule has 1 aromatic rings. The molecule has 3 heterocycles. The fourth-order valence-corrected chi connectivity index (χ4v) is 4.83. The number of rotatable bonds is 3. The third kappa shape index (κ3) is 2.37. The minimum atomic E-state index is -3.43. The highest BCUT2D eigenvalue weighted by atomic mass is 32.2. The molecule has 2 aliphatic rings. The summed E-state index contributed by atoms with van der Waals surface area (Å²) in [6.07, 6.45) is 6.44. The van der Waals surface area contributed by atoms with E-state index >= 15 is 0 Å². The largest absolute Gasteiger partial charge is 0.333 e. The van der Waals surface area contributed by atoms with Crippen molar-refractivity contribution in [3.05, 3.63) is 18.2 Å². The molecule has 1 saturated heterocycles. The first-order chi connectivity index (χ1) is 9.63. The molecule has 3 rings (SSSR count). The van der Waals surface area contributed by atoms with Crippen LogP contribution < -0.4 is 5.73 Å². The second kappa shape index (κ2) is 5.44. The first-order valence-corrected chi connectivity index (χ1v) is 8.49. The van der Waals surface area contributed by atoms with E-state index in [9.17, 15) is 8.42 Å². The van der Waals surface area contributed by atoms with Gasteiger partial charge in [0.15, 0.2) is 0 Å². The van der Waals surface area contributed by atoms with Gasteiger partial charge < -0.3 is 10.3 Å². The summed E-state index contributed by atoms with van der Waals surface area (Å²) in [6.45, 7) is 2.48. The van der Waals surface area contributed by atoms with Gasteiger partial charge in [-0.3, -0.25) is 0 Å². The molecule has 1 aromatic heterocycles. The second-order valence-corrected chi connectivity index (χ2v) is 7.26. The summed E-state index contributed by atoms with van der Waals surface area (Å²) in [4.78, 5) is 4.22. The smallest absolute Gasteiger partial charge is 0.282 e. The minimum absolute atomic E-state index is 0.0598. The van der Waals surface area contributed by atoms with Crippen LogP contribution in [0, 0.1) is 0 Å². The Bertz CT molecular complexity index is 570. The molecule has 0 bridgehead atoms. The molecule has 2 N–H and O–H groups in total. The van der Waals surface area contributed by atoms with E-state index in [0.717, 1.165) is 25.1 Å². The molecule has 0 saturated carbocycles. The standard InChI is InChI=1S/C12H21N5O2S/c13-9-11-3-1-2-5-17(11)20(18,19)16-8-7-15-6-4-14-12(15)10-16/h4,6,11H,1-3,5,7-10,13H2. The first-order valence-electron chi connectivity index (χ1n) is 7.10. The van der Waals surface area contributed by atoms with E-state index in [2.05, 4.69) is 4.98 Å². The lowest BCUT2D eigenvalue weighted by atomic mass is 10.1. The molecule has 0 aromatic carbocycles. The maximum Gasteiger partial charge on any atom is 0.282 e. The van der Waals surface area contributed by atoms with Crippen LogP contribution in [-0.2, 0) is 23.3 Å². The SMILES string of the molecule is NCC1CCCCN1S(=O)(=O)N1CCn2ccnc2C1. The summed E-state index contributed by atoms with van der Waals surface area (Å²) in [5.74, 6) is 0.807. The highest BCUT2D eigenvalue weighted by molar-refractivity contribution is 7.86. The Kier molecular flexibility index (Phi) is 3.80. The second-order valence-electron chi connectivity index (χ2n) is 5.37. The predicted molar refractivity (Wildman–Crippen MR) is 75.0 cm³/mol. The molecule has 2 aliphatic heterocycles. The lowest BCUT2D eigenvalue weighted by Crippen LogP contribution is -2.54. The summed E-state index contributed by atoms with van der Waals surface area (Å²) < 4.78 is 30.7. The highest BCUT2D eigenvalue weighted by Gasteiger charge is 2.37. The van der Waals surface area contributed by atoms with Crippen LogP contribution in [0.4, 0.5) is 0 Å². The normalized spacial score (nSPS) is 25.6. The van der Waals surface area contributed by atoms with E-state index in [0.29, 0.717) is 32.7 Å². The molecule has 7 nitrogen and oxygen atoms in total. The van der Waals surface area contributed by atoms with E-state index in [-0.39, 0.29) is 6.04 Å². The van der Waals surface area contributed by atoms with Crippen LogP contribution in [-0.4, -0.2) is 52.3 Å². The zero-order valence-corrected chi connectivity index (χ0v) is 12.3. The lowest BCUT2D eigenvalue weighted by molar-refractivity contribution is 0.224. The Morgan fingerprint density at radius 2 is 2.15 bits per heavy atom. The quantitative estimate of drug-likeness (QED) is 0.834. The number of fused-ring (bicyclic) bond motifs is 1. The molecule has 1 fully saturated rings. The number of imidazole rings is 1. The molecule has 20 heavy (non-hydrogen) atoms. The van der Waals surface area contributed by atoms with Crippen molar-refractivity contribution in [1.82, 2.24) is 18.2 Å². The molecule has 0 radical (unpaired) electrons. The van der Waals surface area contributed by atoms with E-state index in [4.69, 9.17) is 5.73 Å². The molecular weight excluding hydrogens is 278 g/mol. The molecule has 1 unspecified atom stereocenters. The van der Waals surface area contributed by atoms with E-state index in [1.54, 1.807) is 10.5 Å². The number of aromatic nitrogens is 2. The Balaban J connectivity index is 1.81. The van der Waals surface area contributed by atoms with E-state index in [1.165, 1.54) is 4.31 Å². The van der Waals surface area contributed by atoms with Crippen molar-refractivity contribution in [3.63, 3.8) is 0 Å². The third-order valence-electron chi connectivity index (χ3n) is 4.18. The molecule has 1 atom stereocenters. The number of hydrogen-bond donors (Lipinski definition) is 1. The zero-order chi connectivity index (χ0) is 14.2. The van der Waals surface area contributed by atoms with Crippen LogP contribution in [0.2, 0.25) is 0 Å². The van der Waals surface area contributed by atoms with Gasteiger partial charge in [0.2, 0.25) is 0 Å². The molecule has 0 aliphatic carbocycles. The van der Waals surface area contributed by atoms with Gasteiger partial charge in [0, 0.05) is 44.6 Å². The lowest BCUT2D eigenvalue weighted by Gasteiger charge is -2.38. The first kappa shape index (κ1) is 14.0. The number of nitrogens with zero attached hydrogens (tertiary/aromatic N) is 4. The Hall–Kier alpha value is -0.960. The molecule has 0 amide bonds. The monoisotopic (exact) mass is 299 g/mol. The van der Waals surface area contributed by atoms with Gasteiger partial charge in [0.1, 0.15) is 5.82 Å². The van der Waals surface area contributed by atoms with Gasteiger partial charge in [-0.25, -0.2) is 4.98 Å². The van der Waals surface area contributed by atoms with Crippen molar-refractivity contribution in [2.24, 2.45) is 5.73 Å². The fraction of sp³-hybridized carbons (Fsp3) is 0.750. The number of nitrogens with two attached hydrogens (primary N) is 1. The van der Waals surface area contributed by atoms with Crippen molar-refractivity contribution in [2.45, 2.75) is 38.4 Å². The maximum absolute atomic E-state index is 12.8. The summed E-state index contributed by atoms with van der Waals surface area (Å²) in [5.41, 5.74) is 5.74. The van der Waals surface area contributed by atoms with Gasteiger partial charge in [-0.1, -0.05) is 6.42 Å². The van der Waals surface area contributed by atoms with E-state index < -0.39 is 10.2 Å². The molecule has 112 valence electrons. The average Bonchev–Trinajstić information content (AvgIpc) is 2.94. The Morgan fingerprint density at radius 3 is 2.95 bits per heavy atom. The van der Waals surface area contributed by atoms with Crippen LogP contribution in [0.25, 0.3) is 0 Å². The van der Waals surface area contributed by atoms with Crippen molar-refractivity contribution in [2.75, 3.05) is 19.6 Å². The summed E-state index contributed by atoms with van der Waals surface area (Å²) in [7, 11) is -3.43. The van der Waals surface area contributed by atoms with Crippen LogP contribution in [0.3, 0.4) is 0 Å². The molecule has 0 spiro atoms. The van der Waals surface area contributed by atoms with Crippen molar-refractivity contribution in [3.8, 4) is 0 Å². The van der Waals surface area contributed by atoms with Crippen LogP contribution in [0.1, 0.15) is 25.1 Å². The summed E-state index contributed by atoms with van der Waals surface area (Å²) in [5, 5.41) is 0. The van der Waals surface area contributed by atoms with Crippen molar-refractivity contribution in [1.29, 1.82) is 0 Å². The van der Waals surface area contributed by atoms with E-state index in [1.807, 2.05) is 10.8 Å². The topological polar surface area (TPSA) is 84.5 Å². The maximum atomic E-state index is 12.8. The van der Waals surface area contributed by atoms with Crippen LogP contribution in [0.15, 0.2) is 12.4 Å². The molecular formula is C12H21N5O2S. The summed E-state index contributed by atoms with van der Waals surface area (Å²) in [6, 6.07) is -0.0598. The Morgan fingerprint density at radius 1 is 1.30 bits per heavy atom. The number of hydrogen-bond acceptors (Lipinski definition) is 4. The summed E-state index contributed by atoms with van der Waals surface area (Å²) >= 11 is 0. The van der Waals surface area contributed by atoms with Gasteiger partial charge in [-0.2, -0.15) is 17.0 Å². The number of piperidine rings is 1. The van der Waals surface area contributed by atoms with Crippen molar-refractivity contribution >= 4 is 10.2 Å². The van der Waals surface area contributed by atoms with Crippen LogP contribution >= 0.6 is 0 Å². The third-order valence-corrected chi connectivity index (χ3v) is 6.22. The van der Waals surface area contributed by atoms with Gasteiger partial charge in [-0.05, 0) is 12.8 Å². The van der Waals surface area contributed by atoms with Crippen LogP contribution in [0.5, 0.6) is 0 Å². The van der Waals surface area contributed by atoms with Gasteiger partial charge in [-0.15, -0.1) is 0 Å². The average molecular weight is 299 g/mol. The Labute approximate surface area is 119 Å². The van der Waals surface area contributed by atoms with Gasteiger partial charge >= 0.3 is 0 Å². The van der Waals surface area contributed by atoms with Crippen molar-refractivity contribution < 1.29 is 8.42 Å². The minimum Gasteiger partial charge on any atom is -0.333 e. The van der Waals surface area contributed by atoms with Gasteiger partial charge in [0.25, 0.3) is 10.2 Å². The zero-order valence-electron chi connectivity index (χ0n) is 11.5. The molecule has 8 heteroatoms. The predicted octanol–water partition coefficient (Wildman–Crippen LogP) is -0.243. The highest BCUT2D eigenvalue weighted by Crippen LogP contribution is 2.24.